The molecule has 0 aliphatic carbocycles. The molecule has 0 aliphatic rings. The summed E-state index contributed by atoms with van der Waals surface area (Å²) in [6.07, 6.45) is 0. The third kappa shape index (κ3) is 4.98. The van der Waals surface area contributed by atoms with E-state index in [0.29, 0.717) is 0 Å². The van der Waals surface area contributed by atoms with Crippen LogP contribution in [0.2, 0.25) is 0 Å². The highest BCUT2D eigenvalue weighted by Gasteiger charge is 2.43. The maximum absolute atomic E-state index is 12.6. The first-order valence-electron chi connectivity index (χ1n) is 3.14. The van der Waals surface area contributed by atoms with E-state index in [4.69, 9.17) is 0 Å². The number of halogens is 2. The smallest absolute Gasteiger partial charge is 0.415 e. The Morgan fingerprint density at radius 3 is 2.62 bits per heavy atom. The van der Waals surface area contributed by atoms with E-state index in [-0.39, 0.29) is 6.61 Å². The first kappa shape index (κ1) is 12.6. The number of hydrogen-bond donors (Lipinski definition) is 0. The SMILES string of the molecule is CCOC(=O)C(F)(F)SOOOC. The Morgan fingerprint density at radius 2 is 2.15 bits per heavy atom. The van der Waals surface area contributed by atoms with Gasteiger partial charge in [0.15, 0.2) is 0 Å². The molecule has 8 heteroatoms. The molecule has 0 heterocycles. The second-order valence-electron chi connectivity index (χ2n) is 1.62. The van der Waals surface area contributed by atoms with Crippen LogP contribution < -0.4 is 0 Å². The van der Waals surface area contributed by atoms with Crippen molar-refractivity contribution in [3.63, 3.8) is 0 Å². The third-order valence-corrected chi connectivity index (χ3v) is 1.25. The summed E-state index contributed by atoms with van der Waals surface area (Å²) >= 11 is -0.504. The Hall–Kier alpha value is -0.440. The molecule has 0 bridgehead atoms. The largest absolute Gasteiger partial charge is 0.461 e. The average Bonchev–Trinajstić information content (AvgIpc) is 2.05. The van der Waals surface area contributed by atoms with Crippen LogP contribution in [0, 0.1) is 0 Å². The van der Waals surface area contributed by atoms with Gasteiger partial charge in [-0.15, -0.1) is 4.33 Å². The number of alkyl halides is 2. The van der Waals surface area contributed by atoms with Gasteiger partial charge in [0.1, 0.15) is 12.0 Å². The molecule has 0 unspecified atom stereocenters. The van der Waals surface area contributed by atoms with Crippen molar-refractivity contribution in [2.75, 3.05) is 13.7 Å². The van der Waals surface area contributed by atoms with Crippen molar-refractivity contribution in [2.24, 2.45) is 0 Å². The van der Waals surface area contributed by atoms with Gasteiger partial charge in [0.2, 0.25) is 0 Å². The zero-order valence-corrected chi connectivity index (χ0v) is 7.73. The van der Waals surface area contributed by atoms with Crippen LogP contribution in [-0.2, 0) is 23.8 Å². The summed E-state index contributed by atoms with van der Waals surface area (Å²) in [5.74, 6) is -1.69. The molecule has 0 radical (unpaired) electrons. The summed E-state index contributed by atoms with van der Waals surface area (Å²) in [5, 5.41) is -0.138. The molecule has 0 N–H and O–H groups in total. The summed E-state index contributed by atoms with van der Waals surface area (Å²) < 4.78 is 32.9. The molecule has 0 aromatic carbocycles. The summed E-state index contributed by atoms with van der Waals surface area (Å²) in [5.41, 5.74) is 0. The van der Waals surface area contributed by atoms with Crippen LogP contribution in [0.1, 0.15) is 6.92 Å². The van der Waals surface area contributed by atoms with Gasteiger partial charge in [-0.25, -0.2) is 9.68 Å². The van der Waals surface area contributed by atoms with Crippen molar-refractivity contribution in [3.05, 3.63) is 0 Å². The van der Waals surface area contributed by atoms with Gasteiger partial charge in [0.25, 0.3) is 0 Å². The minimum atomic E-state index is -3.81. The molecule has 0 aliphatic heterocycles. The summed E-state index contributed by atoms with van der Waals surface area (Å²) in [7, 11) is 1.06. The summed E-state index contributed by atoms with van der Waals surface area (Å²) in [6, 6.07) is 0. The molecule has 0 aromatic rings. The van der Waals surface area contributed by atoms with Gasteiger partial charge in [-0.2, -0.15) is 8.78 Å². The van der Waals surface area contributed by atoms with Gasteiger partial charge in [0, 0.05) is 0 Å². The van der Waals surface area contributed by atoms with E-state index in [1.165, 1.54) is 6.92 Å². The fourth-order valence-corrected chi connectivity index (χ4v) is 0.629. The number of carbonyl (C=O) groups excluding carboxylic acids is 1. The molecule has 0 aromatic heterocycles. The molecule has 0 atom stereocenters. The molecule has 0 rings (SSSR count). The second kappa shape index (κ2) is 6.08. The van der Waals surface area contributed by atoms with E-state index < -0.39 is 23.3 Å². The van der Waals surface area contributed by atoms with Crippen molar-refractivity contribution in [1.82, 2.24) is 0 Å². The van der Waals surface area contributed by atoms with Gasteiger partial charge in [-0.1, -0.05) is 5.04 Å². The maximum Gasteiger partial charge on any atom is 0.415 e. The van der Waals surface area contributed by atoms with Crippen molar-refractivity contribution >= 4 is 18.0 Å². The van der Waals surface area contributed by atoms with Gasteiger partial charge in [0.05, 0.1) is 13.7 Å². The van der Waals surface area contributed by atoms with Crippen LogP contribution >= 0.6 is 12.0 Å². The fraction of sp³-hybridized carbons (Fsp3) is 0.800. The maximum atomic E-state index is 12.6. The molecule has 0 fully saturated rings. The molecule has 5 nitrogen and oxygen atoms in total. The van der Waals surface area contributed by atoms with Gasteiger partial charge in [-0.3, -0.25) is 0 Å². The zero-order valence-electron chi connectivity index (χ0n) is 6.91. The van der Waals surface area contributed by atoms with E-state index in [2.05, 4.69) is 19.0 Å². The topological polar surface area (TPSA) is 54.0 Å². The van der Waals surface area contributed by atoms with Gasteiger partial charge in [-0.05, 0) is 6.92 Å². The molecule has 78 valence electrons. The van der Waals surface area contributed by atoms with Crippen LogP contribution in [0.25, 0.3) is 0 Å². The standard InChI is InChI=1S/C5H8F2O5S/c1-3-10-4(8)5(6,7)13-12-11-9-2/h3H2,1-2H3. The van der Waals surface area contributed by atoms with Crippen molar-refractivity contribution in [1.29, 1.82) is 0 Å². The van der Waals surface area contributed by atoms with Crippen LogP contribution in [-0.4, -0.2) is 24.9 Å². The van der Waals surface area contributed by atoms with E-state index in [0.717, 1.165) is 7.11 Å². The molecule has 0 spiro atoms. The molecule has 13 heavy (non-hydrogen) atoms. The lowest BCUT2D eigenvalue weighted by molar-refractivity contribution is -0.448. The van der Waals surface area contributed by atoms with Crippen LogP contribution in [0.5, 0.6) is 0 Å². The number of rotatable bonds is 6. The second-order valence-corrected chi connectivity index (χ2v) is 2.44. The minimum absolute atomic E-state index is 0.139. The highest BCUT2D eigenvalue weighted by atomic mass is 32.2. The Balaban J connectivity index is 3.83. The average molecular weight is 218 g/mol. The number of carbonyl (C=O) groups is 1. The Bertz CT molecular complexity index is 165. The fourth-order valence-electron chi connectivity index (χ4n) is 0.334. The summed E-state index contributed by atoms with van der Waals surface area (Å²) in [6.45, 7) is 1.27. The third-order valence-electron chi connectivity index (χ3n) is 0.748. The summed E-state index contributed by atoms with van der Waals surface area (Å²) in [4.78, 5) is 14.3. The predicted octanol–water partition coefficient (Wildman–Crippen LogP) is 1.30. The molecule has 0 saturated carbocycles. The van der Waals surface area contributed by atoms with Crippen molar-refractivity contribution in [3.8, 4) is 0 Å². The number of hydrogen-bond acceptors (Lipinski definition) is 6. The van der Waals surface area contributed by atoms with Gasteiger partial charge < -0.3 is 4.74 Å². The van der Waals surface area contributed by atoms with Crippen molar-refractivity contribution in [2.45, 2.75) is 12.2 Å². The number of ether oxygens (including phenoxy) is 1. The van der Waals surface area contributed by atoms with Gasteiger partial charge >= 0.3 is 11.2 Å². The Kier molecular flexibility index (Phi) is 5.88. The zero-order chi connectivity index (χ0) is 10.3. The lowest BCUT2D eigenvalue weighted by Gasteiger charge is -2.10. The minimum Gasteiger partial charge on any atom is -0.461 e. The first-order valence-corrected chi connectivity index (χ1v) is 3.89. The first-order chi connectivity index (χ1) is 6.04. The van der Waals surface area contributed by atoms with Crippen LogP contribution in [0.4, 0.5) is 8.78 Å². The van der Waals surface area contributed by atoms with Crippen molar-refractivity contribution < 1.29 is 32.6 Å². The normalized spacial score (nSPS) is 11.4. The van der Waals surface area contributed by atoms with E-state index in [1.807, 2.05) is 0 Å². The lowest BCUT2D eigenvalue weighted by atomic mass is 10.7. The van der Waals surface area contributed by atoms with Crippen LogP contribution in [0.3, 0.4) is 0 Å². The Morgan fingerprint density at radius 1 is 1.54 bits per heavy atom. The van der Waals surface area contributed by atoms with Crippen LogP contribution in [0.15, 0.2) is 0 Å². The quantitative estimate of drug-likeness (QED) is 0.220. The predicted molar refractivity (Wildman–Crippen MR) is 38.4 cm³/mol. The molecular weight excluding hydrogens is 210 g/mol. The Labute approximate surface area is 77.3 Å². The molecular formula is C5H8F2O5S. The molecule has 0 amide bonds. The van der Waals surface area contributed by atoms with E-state index in [1.54, 1.807) is 0 Å². The molecule has 0 saturated heterocycles. The monoisotopic (exact) mass is 218 g/mol. The lowest BCUT2D eigenvalue weighted by Crippen LogP contribution is -2.27. The highest BCUT2D eigenvalue weighted by molar-refractivity contribution is 7.96. The number of esters is 1. The highest BCUT2D eigenvalue weighted by Crippen LogP contribution is 2.31. The van der Waals surface area contributed by atoms with E-state index >= 15 is 0 Å². The van der Waals surface area contributed by atoms with E-state index in [9.17, 15) is 13.6 Å².